The van der Waals surface area contributed by atoms with E-state index < -0.39 is 5.91 Å². The molecule has 3 N–H and O–H groups in total. The molecular formula is C11H14N6O. The number of rotatable bonds is 6. The fraction of sp³-hybridized carbons (Fsp3) is 0.273. The van der Waals surface area contributed by atoms with Gasteiger partial charge in [-0.3, -0.25) is 9.48 Å². The zero-order valence-electron chi connectivity index (χ0n) is 9.78. The van der Waals surface area contributed by atoms with Crippen molar-refractivity contribution in [2.45, 2.75) is 13.0 Å². The summed E-state index contributed by atoms with van der Waals surface area (Å²) in [7, 11) is 0. The first-order valence-electron chi connectivity index (χ1n) is 5.60. The van der Waals surface area contributed by atoms with Gasteiger partial charge < -0.3 is 11.1 Å². The molecule has 18 heavy (non-hydrogen) atoms. The summed E-state index contributed by atoms with van der Waals surface area (Å²) in [5, 5.41) is 10.7. The van der Waals surface area contributed by atoms with Crippen LogP contribution in [0.1, 0.15) is 16.8 Å². The minimum absolute atomic E-state index is 0.401. The normalized spacial score (nSPS) is 10.2. The highest BCUT2D eigenvalue weighted by Crippen LogP contribution is 2.10. The predicted molar refractivity (Wildman–Crippen MR) is 65.9 cm³/mol. The lowest BCUT2D eigenvalue weighted by atomic mass is 10.2. The smallest absolute Gasteiger partial charge is 0.252 e. The molecule has 0 saturated carbocycles. The number of amides is 1. The molecule has 7 heteroatoms. The van der Waals surface area contributed by atoms with E-state index in [4.69, 9.17) is 5.73 Å². The van der Waals surface area contributed by atoms with Crippen LogP contribution in [0, 0.1) is 0 Å². The Kier molecular flexibility index (Phi) is 3.85. The van der Waals surface area contributed by atoms with Crippen LogP contribution in [0.3, 0.4) is 0 Å². The Bertz CT molecular complexity index is 510. The van der Waals surface area contributed by atoms with Crippen molar-refractivity contribution in [3.8, 4) is 0 Å². The van der Waals surface area contributed by atoms with Crippen LogP contribution in [-0.4, -0.2) is 32.4 Å². The van der Waals surface area contributed by atoms with Crippen LogP contribution < -0.4 is 11.1 Å². The molecule has 0 fully saturated rings. The maximum atomic E-state index is 11.2. The van der Waals surface area contributed by atoms with E-state index in [0.717, 1.165) is 13.0 Å². The summed E-state index contributed by atoms with van der Waals surface area (Å²) in [4.78, 5) is 15.2. The minimum atomic E-state index is -0.484. The van der Waals surface area contributed by atoms with E-state index >= 15 is 0 Å². The quantitative estimate of drug-likeness (QED) is 0.713. The van der Waals surface area contributed by atoms with Crippen molar-refractivity contribution in [3.63, 3.8) is 0 Å². The van der Waals surface area contributed by atoms with Crippen molar-refractivity contribution in [3.05, 3.63) is 36.3 Å². The lowest BCUT2D eigenvalue weighted by Gasteiger charge is -2.08. The van der Waals surface area contributed by atoms with Crippen molar-refractivity contribution < 1.29 is 4.79 Å². The summed E-state index contributed by atoms with van der Waals surface area (Å²) < 4.78 is 1.75. The summed E-state index contributed by atoms with van der Waals surface area (Å²) in [6.07, 6.45) is 5.90. The molecule has 0 radical (unpaired) electrons. The number of pyridine rings is 1. The highest BCUT2D eigenvalue weighted by Gasteiger charge is 2.07. The van der Waals surface area contributed by atoms with Gasteiger partial charge >= 0.3 is 0 Å². The van der Waals surface area contributed by atoms with Gasteiger partial charge in [-0.25, -0.2) is 4.98 Å². The summed E-state index contributed by atoms with van der Waals surface area (Å²) in [5.41, 5.74) is 5.66. The zero-order chi connectivity index (χ0) is 12.8. The summed E-state index contributed by atoms with van der Waals surface area (Å²) in [6, 6.07) is 3.33. The second-order valence-electron chi connectivity index (χ2n) is 3.71. The van der Waals surface area contributed by atoms with E-state index in [1.54, 1.807) is 35.4 Å². The third kappa shape index (κ3) is 3.03. The number of anilines is 1. The van der Waals surface area contributed by atoms with Gasteiger partial charge in [0.15, 0.2) is 0 Å². The van der Waals surface area contributed by atoms with Crippen LogP contribution in [0.4, 0.5) is 5.82 Å². The first kappa shape index (κ1) is 12.0. The van der Waals surface area contributed by atoms with E-state index in [1.165, 1.54) is 0 Å². The second-order valence-corrected chi connectivity index (χ2v) is 3.71. The van der Waals surface area contributed by atoms with Gasteiger partial charge in [-0.1, -0.05) is 5.21 Å². The molecule has 2 aromatic heterocycles. The standard InChI is InChI=1S/C11H14N6O/c12-10(18)9-3-1-4-13-11(9)14-5-2-7-17-8-6-15-16-17/h1,3-4,6,8H,2,5,7H2,(H2,12,18)(H,13,14). The molecule has 0 aliphatic rings. The Balaban J connectivity index is 1.85. The number of carbonyl (C=O) groups excluding carboxylic acids is 1. The van der Waals surface area contributed by atoms with E-state index in [1.807, 2.05) is 0 Å². The number of hydrogen-bond donors (Lipinski definition) is 2. The average Bonchev–Trinajstić information content (AvgIpc) is 2.88. The molecule has 0 spiro atoms. The van der Waals surface area contributed by atoms with Crippen molar-refractivity contribution in [1.82, 2.24) is 20.0 Å². The zero-order valence-corrected chi connectivity index (χ0v) is 9.78. The SMILES string of the molecule is NC(=O)c1cccnc1NCCCn1ccnn1. The maximum absolute atomic E-state index is 11.2. The Labute approximate surface area is 104 Å². The molecule has 94 valence electrons. The van der Waals surface area contributed by atoms with Gasteiger partial charge in [-0.05, 0) is 18.6 Å². The Morgan fingerprint density at radius 2 is 2.33 bits per heavy atom. The van der Waals surface area contributed by atoms with Crippen molar-refractivity contribution in [2.24, 2.45) is 5.73 Å². The third-order valence-electron chi connectivity index (χ3n) is 2.40. The number of primary amides is 1. The number of aromatic nitrogens is 4. The number of carbonyl (C=O) groups is 1. The second kappa shape index (κ2) is 5.76. The van der Waals surface area contributed by atoms with E-state index in [9.17, 15) is 4.79 Å². The molecule has 0 saturated heterocycles. The van der Waals surface area contributed by atoms with Crippen LogP contribution in [0.5, 0.6) is 0 Å². The minimum Gasteiger partial charge on any atom is -0.369 e. The van der Waals surface area contributed by atoms with Crippen LogP contribution in [-0.2, 0) is 6.54 Å². The lowest BCUT2D eigenvalue weighted by molar-refractivity contribution is 0.100. The molecule has 0 aromatic carbocycles. The topological polar surface area (TPSA) is 98.7 Å². The average molecular weight is 246 g/mol. The Morgan fingerprint density at radius 3 is 3.06 bits per heavy atom. The van der Waals surface area contributed by atoms with Gasteiger partial charge in [0.1, 0.15) is 5.82 Å². The molecular weight excluding hydrogens is 232 g/mol. The summed E-state index contributed by atoms with van der Waals surface area (Å²) in [6.45, 7) is 1.43. The molecule has 0 aliphatic carbocycles. The van der Waals surface area contributed by atoms with Crippen molar-refractivity contribution in [2.75, 3.05) is 11.9 Å². The lowest BCUT2D eigenvalue weighted by Crippen LogP contribution is -2.16. The number of nitrogens with two attached hydrogens (primary N) is 1. The number of aryl methyl sites for hydroxylation is 1. The Morgan fingerprint density at radius 1 is 1.44 bits per heavy atom. The molecule has 0 atom stereocenters. The van der Waals surface area contributed by atoms with Gasteiger partial charge in [0, 0.05) is 25.5 Å². The molecule has 0 bridgehead atoms. The highest BCUT2D eigenvalue weighted by atomic mass is 16.1. The monoisotopic (exact) mass is 246 g/mol. The first-order valence-corrected chi connectivity index (χ1v) is 5.60. The van der Waals surface area contributed by atoms with Gasteiger partial charge in [0.25, 0.3) is 5.91 Å². The van der Waals surface area contributed by atoms with E-state index in [2.05, 4.69) is 20.6 Å². The highest BCUT2D eigenvalue weighted by molar-refractivity contribution is 5.97. The van der Waals surface area contributed by atoms with E-state index in [0.29, 0.717) is 17.9 Å². The summed E-state index contributed by atoms with van der Waals surface area (Å²) in [5.74, 6) is 0.0328. The van der Waals surface area contributed by atoms with Gasteiger partial charge in [-0.15, -0.1) is 5.10 Å². The number of nitrogens with one attached hydrogen (secondary N) is 1. The molecule has 2 rings (SSSR count). The molecule has 1 amide bonds. The Hall–Kier alpha value is -2.44. The van der Waals surface area contributed by atoms with Gasteiger partial charge in [-0.2, -0.15) is 0 Å². The number of hydrogen-bond acceptors (Lipinski definition) is 5. The fourth-order valence-electron chi connectivity index (χ4n) is 1.54. The van der Waals surface area contributed by atoms with Crippen molar-refractivity contribution in [1.29, 1.82) is 0 Å². The van der Waals surface area contributed by atoms with Crippen LogP contribution in [0.15, 0.2) is 30.7 Å². The summed E-state index contributed by atoms with van der Waals surface area (Å²) >= 11 is 0. The van der Waals surface area contributed by atoms with Crippen molar-refractivity contribution >= 4 is 11.7 Å². The van der Waals surface area contributed by atoms with Crippen LogP contribution in [0.25, 0.3) is 0 Å². The molecule has 2 heterocycles. The van der Waals surface area contributed by atoms with Gasteiger partial charge in [0.05, 0.1) is 11.8 Å². The molecule has 0 unspecified atom stereocenters. The largest absolute Gasteiger partial charge is 0.369 e. The molecule has 7 nitrogen and oxygen atoms in total. The number of nitrogens with zero attached hydrogens (tertiary/aromatic N) is 4. The fourth-order valence-corrected chi connectivity index (χ4v) is 1.54. The first-order chi connectivity index (χ1) is 8.77. The molecule has 0 aliphatic heterocycles. The molecule has 2 aromatic rings. The third-order valence-corrected chi connectivity index (χ3v) is 2.40. The maximum Gasteiger partial charge on any atom is 0.252 e. The van der Waals surface area contributed by atoms with Crippen LogP contribution in [0.2, 0.25) is 0 Å². The van der Waals surface area contributed by atoms with Gasteiger partial charge in [0.2, 0.25) is 0 Å². The predicted octanol–water partition coefficient (Wildman–Crippen LogP) is 0.274. The van der Waals surface area contributed by atoms with Crippen LogP contribution >= 0.6 is 0 Å². The van der Waals surface area contributed by atoms with E-state index in [-0.39, 0.29) is 0 Å².